The van der Waals surface area contributed by atoms with Gasteiger partial charge in [0.1, 0.15) is 5.54 Å². The van der Waals surface area contributed by atoms with Gasteiger partial charge in [-0.25, -0.2) is 0 Å². The van der Waals surface area contributed by atoms with Crippen LogP contribution in [0.1, 0.15) is 39.0 Å². The summed E-state index contributed by atoms with van der Waals surface area (Å²) in [6.07, 6.45) is 4.00. The molecular weight excluding hydrogens is 244 g/mol. The van der Waals surface area contributed by atoms with Crippen LogP contribution in [0.2, 0.25) is 0 Å². The van der Waals surface area contributed by atoms with E-state index in [0.29, 0.717) is 25.2 Å². The van der Waals surface area contributed by atoms with E-state index in [2.05, 4.69) is 23.0 Å². The van der Waals surface area contributed by atoms with E-state index in [1.54, 1.807) is 0 Å². The highest BCUT2D eigenvalue weighted by molar-refractivity contribution is 5.90. The van der Waals surface area contributed by atoms with Gasteiger partial charge in [0.15, 0.2) is 0 Å². The van der Waals surface area contributed by atoms with Gasteiger partial charge in [0.05, 0.1) is 25.0 Å². The number of amides is 1. The average molecular weight is 264 g/mol. The summed E-state index contributed by atoms with van der Waals surface area (Å²) in [5.74, 6) is -0.685. The molecule has 0 aromatic heterocycles. The van der Waals surface area contributed by atoms with Gasteiger partial charge in [-0.15, -0.1) is 0 Å². The number of nitrogens with zero attached hydrogens (tertiary/aromatic N) is 1. The van der Waals surface area contributed by atoms with Crippen molar-refractivity contribution < 1.29 is 14.3 Å². The van der Waals surface area contributed by atoms with E-state index < -0.39 is 5.54 Å². The third kappa shape index (κ3) is 2.89. The summed E-state index contributed by atoms with van der Waals surface area (Å²) in [5.41, 5.74) is -0.738. The molecule has 4 atom stereocenters. The number of carbonyl (C=O) groups excluding carboxylic acids is 2. The molecule has 0 aliphatic heterocycles. The Morgan fingerprint density at radius 2 is 2.16 bits per heavy atom. The molecule has 0 aromatic rings. The summed E-state index contributed by atoms with van der Waals surface area (Å²) in [5, 5.41) is 12.3. The predicted molar refractivity (Wildman–Crippen MR) is 67.7 cm³/mol. The molecule has 0 unspecified atom stereocenters. The first-order valence-corrected chi connectivity index (χ1v) is 6.82. The van der Waals surface area contributed by atoms with Gasteiger partial charge in [-0.2, -0.15) is 5.26 Å². The highest BCUT2D eigenvalue weighted by Crippen LogP contribution is 2.41. The maximum absolute atomic E-state index is 12.1. The molecule has 1 N–H and O–H groups in total. The van der Waals surface area contributed by atoms with Crippen molar-refractivity contribution in [2.75, 3.05) is 7.11 Å². The summed E-state index contributed by atoms with van der Waals surface area (Å²) in [6.45, 7) is 2.10. The molecular formula is C14H20N2O3. The molecule has 5 nitrogen and oxygen atoms in total. The topological polar surface area (TPSA) is 79.2 Å². The van der Waals surface area contributed by atoms with Gasteiger partial charge in [0.25, 0.3) is 0 Å². The van der Waals surface area contributed by atoms with Crippen LogP contribution >= 0.6 is 0 Å². The number of carbonyl (C=O) groups is 2. The number of ether oxygens (including phenoxy) is 1. The molecule has 1 amide bonds. The molecule has 0 spiro atoms. The molecule has 2 aliphatic rings. The number of hydrogen-bond donors (Lipinski definition) is 1. The van der Waals surface area contributed by atoms with E-state index >= 15 is 0 Å². The fourth-order valence-electron chi connectivity index (χ4n) is 3.02. The zero-order chi connectivity index (χ0) is 14.0. The first kappa shape index (κ1) is 13.9. The quantitative estimate of drug-likeness (QED) is 0.781. The van der Waals surface area contributed by atoms with E-state index in [-0.39, 0.29) is 23.7 Å². The summed E-state index contributed by atoms with van der Waals surface area (Å²) in [4.78, 5) is 23.4. The van der Waals surface area contributed by atoms with Crippen LogP contribution in [0.3, 0.4) is 0 Å². The maximum Gasteiger partial charge on any atom is 0.309 e. The van der Waals surface area contributed by atoms with Crippen LogP contribution in [-0.4, -0.2) is 24.5 Å². The fourth-order valence-corrected chi connectivity index (χ4v) is 3.02. The summed E-state index contributed by atoms with van der Waals surface area (Å²) >= 11 is 0. The monoisotopic (exact) mass is 264 g/mol. The van der Waals surface area contributed by atoms with Crippen molar-refractivity contribution in [3.8, 4) is 6.07 Å². The van der Waals surface area contributed by atoms with Gasteiger partial charge in [0, 0.05) is 0 Å². The minimum Gasteiger partial charge on any atom is -0.469 e. The summed E-state index contributed by atoms with van der Waals surface area (Å²) in [6, 6.07) is 2.27. The van der Waals surface area contributed by atoms with Crippen LogP contribution in [0.4, 0.5) is 0 Å². The molecule has 0 radical (unpaired) electrons. The largest absolute Gasteiger partial charge is 0.469 e. The minimum absolute atomic E-state index is 0.175. The highest BCUT2D eigenvalue weighted by Gasteiger charge is 2.51. The van der Waals surface area contributed by atoms with Gasteiger partial charge in [-0.3, -0.25) is 9.59 Å². The lowest BCUT2D eigenvalue weighted by molar-refractivity contribution is -0.143. The molecule has 0 heterocycles. The molecule has 5 heteroatoms. The Balaban J connectivity index is 1.95. The van der Waals surface area contributed by atoms with Gasteiger partial charge >= 0.3 is 5.97 Å². The predicted octanol–water partition coefficient (Wildman–Crippen LogP) is 1.38. The SMILES string of the molecule is COC(=O)[C@H]1C[C@@H]1C(=O)N[C@@]1(C#N)CCC[C@@H](C)C1. The third-order valence-electron chi connectivity index (χ3n) is 4.21. The Morgan fingerprint density at radius 3 is 2.74 bits per heavy atom. The van der Waals surface area contributed by atoms with Crippen LogP contribution in [0.25, 0.3) is 0 Å². The smallest absolute Gasteiger partial charge is 0.309 e. The second kappa shape index (κ2) is 5.20. The van der Waals surface area contributed by atoms with Gasteiger partial charge < -0.3 is 10.1 Å². The Labute approximate surface area is 113 Å². The van der Waals surface area contributed by atoms with E-state index in [0.717, 1.165) is 12.8 Å². The second-order valence-electron chi connectivity index (χ2n) is 5.86. The number of nitriles is 1. The van der Waals surface area contributed by atoms with Crippen molar-refractivity contribution in [2.45, 2.75) is 44.6 Å². The zero-order valence-corrected chi connectivity index (χ0v) is 11.4. The van der Waals surface area contributed by atoms with Crippen molar-refractivity contribution in [3.05, 3.63) is 0 Å². The van der Waals surface area contributed by atoms with E-state index in [1.165, 1.54) is 7.11 Å². The lowest BCUT2D eigenvalue weighted by Gasteiger charge is -2.35. The van der Waals surface area contributed by atoms with Crippen LogP contribution in [0.5, 0.6) is 0 Å². The molecule has 19 heavy (non-hydrogen) atoms. The fraction of sp³-hybridized carbons (Fsp3) is 0.786. The first-order chi connectivity index (χ1) is 9.01. The zero-order valence-electron chi connectivity index (χ0n) is 11.4. The minimum atomic E-state index is -0.738. The molecule has 2 saturated carbocycles. The Bertz CT molecular complexity index is 429. The number of hydrogen-bond acceptors (Lipinski definition) is 4. The van der Waals surface area contributed by atoms with Crippen LogP contribution in [0.15, 0.2) is 0 Å². The molecule has 2 fully saturated rings. The number of esters is 1. The van der Waals surface area contributed by atoms with Crippen molar-refractivity contribution in [1.82, 2.24) is 5.32 Å². The van der Waals surface area contributed by atoms with Gasteiger partial charge in [0.2, 0.25) is 5.91 Å². The third-order valence-corrected chi connectivity index (χ3v) is 4.21. The molecule has 0 saturated heterocycles. The highest BCUT2D eigenvalue weighted by atomic mass is 16.5. The molecule has 2 aliphatic carbocycles. The Morgan fingerprint density at radius 1 is 1.42 bits per heavy atom. The first-order valence-electron chi connectivity index (χ1n) is 6.82. The normalized spacial score (nSPS) is 37.0. The van der Waals surface area contributed by atoms with Crippen molar-refractivity contribution >= 4 is 11.9 Å². The lowest BCUT2D eigenvalue weighted by atomic mass is 9.77. The summed E-state index contributed by atoms with van der Waals surface area (Å²) in [7, 11) is 1.33. The summed E-state index contributed by atoms with van der Waals surface area (Å²) < 4.78 is 4.63. The van der Waals surface area contributed by atoms with E-state index in [9.17, 15) is 14.9 Å². The number of methoxy groups -OCH3 is 1. The van der Waals surface area contributed by atoms with Crippen molar-refractivity contribution in [3.63, 3.8) is 0 Å². The lowest BCUT2D eigenvalue weighted by Crippen LogP contribution is -2.50. The van der Waals surface area contributed by atoms with Gasteiger partial charge in [-0.1, -0.05) is 13.3 Å². The number of nitrogens with one attached hydrogen (secondary N) is 1. The van der Waals surface area contributed by atoms with Crippen molar-refractivity contribution in [1.29, 1.82) is 5.26 Å². The van der Waals surface area contributed by atoms with Crippen LogP contribution in [-0.2, 0) is 14.3 Å². The Hall–Kier alpha value is -1.57. The Kier molecular flexibility index (Phi) is 3.79. The van der Waals surface area contributed by atoms with Crippen LogP contribution < -0.4 is 5.32 Å². The molecule has 0 bridgehead atoms. The standard InChI is InChI=1S/C14H20N2O3/c1-9-4-3-5-14(7-9,8-15)16-12(17)10-6-11(10)13(18)19-2/h9-11H,3-7H2,1-2H3,(H,16,17)/t9-,10+,11+,14+/m1/s1. The van der Waals surface area contributed by atoms with E-state index in [4.69, 9.17) is 0 Å². The molecule has 104 valence electrons. The molecule has 2 rings (SSSR count). The maximum atomic E-state index is 12.1. The van der Waals surface area contributed by atoms with Crippen LogP contribution in [0, 0.1) is 29.1 Å². The molecule has 0 aromatic carbocycles. The average Bonchev–Trinajstić information content (AvgIpc) is 3.18. The second-order valence-corrected chi connectivity index (χ2v) is 5.86. The van der Waals surface area contributed by atoms with Crippen molar-refractivity contribution in [2.24, 2.45) is 17.8 Å². The number of rotatable bonds is 3. The van der Waals surface area contributed by atoms with E-state index in [1.807, 2.05) is 0 Å². The van der Waals surface area contributed by atoms with Gasteiger partial charge in [-0.05, 0) is 31.6 Å².